The SMILES string of the molecule is CCc1cc(Nc2nccn3c(-c4ccc(OC)c(F)c4F)cnc23)ccc1C(=O)NCCCCC[N+](C)(C)CC(N)=O.O=CO.[I-]. The van der Waals surface area contributed by atoms with Gasteiger partial charge in [0.25, 0.3) is 18.3 Å². The first-order valence-electron chi connectivity index (χ1n) is 14.7. The number of carbonyl (C=O) groups excluding carboxylic acids is 2. The number of methoxy groups -OCH3 is 1. The molecule has 15 heteroatoms. The van der Waals surface area contributed by atoms with Crippen LogP contribution in [0, 0.1) is 11.6 Å². The van der Waals surface area contributed by atoms with Gasteiger partial charge in [-0.3, -0.25) is 18.8 Å². The molecule has 0 aliphatic carbocycles. The lowest BCUT2D eigenvalue weighted by molar-refractivity contribution is -0.882. The Morgan fingerprint density at radius 2 is 1.83 bits per heavy atom. The molecule has 0 bridgehead atoms. The number of carboxylic acid groups (broad SMARTS) is 1. The Bertz CT molecular complexity index is 1680. The van der Waals surface area contributed by atoms with E-state index in [4.69, 9.17) is 20.4 Å². The molecular weight excluding hydrogens is 727 g/mol. The molecule has 0 aliphatic heterocycles. The molecule has 0 atom stereocenters. The third-order valence-corrected chi connectivity index (χ3v) is 7.27. The summed E-state index contributed by atoms with van der Waals surface area (Å²) in [5.41, 5.74) is 8.29. The standard InChI is InChI=1S/C31H37F2N7O3.CH2O2.HI/c1-5-20-17-21(9-10-22(20)31(42)36-13-7-6-8-16-40(2,3)19-26(34)41)38-29-30-37-18-24(39(30)15-14-35-29)23-11-12-25(43-4)28(33)27(23)32;2-1-3;/h9-12,14-15,17-18H,5-8,13,16,19H2,1-4H3,(H3-,34,35,36,38,41,42);1H,(H,2,3);1H. The average Bonchev–Trinajstić information content (AvgIpc) is 3.44. The first kappa shape index (κ1) is 38.8. The van der Waals surface area contributed by atoms with E-state index >= 15 is 0 Å². The number of nitrogens with one attached hydrogen (secondary N) is 2. The Hall–Kier alpha value is -4.38. The smallest absolute Gasteiger partial charge is 0.290 e. The van der Waals surface area contributed by atoms with E-state index in [1.54, 1.807) is 28.9 Å². The normalized spacial score (nSPS) is 10.8. The topological polar surface area (TPSA) is 161 Å². The van der Waals surface area contributed by atoms with E-state index in [9.17, 15) is 18.4 Å². The van der Waals surface area contributed by atoms with Crippen molar-refractivity contribution in [2.45, 2.75) is 32.6 Å². The molecule has 0 aliphatic rings. The maximum Gasteiger partial charge on any atom is 0.290 e. The lowest BCUT2D eigenvalue weighted by Gasteiger charge is -2.28. The third kappa shape index (κ3) is 10.3. The summed E-state index contributed by atoms with van der Waals surface area (Å²) in [4.78, 5) is 41.3. The van der Waals surface area contributed by atoms with Gasteiger partial charge in [-0.25, -0.2) is 14.4 Å². The van der Waals surface area contributed by atoms with Gasteiger partial charge in [-0.05, 0) is 61.6 Å². The number of fused-ring (bicyclic) bond motifs is 1. The zero-order valence-corrected chi connectivity index (χ0v) is 28.9. The second-order valence-electron chi connectivity index (χ2n) is 11.1. The molecule has 0 saturated carbocycles. The molecule has 0 radical (unpaired) electrons. The lowest BCUT2D eigenvalue weighted by atomic mass is 10.0. The number of anilines is 2. The van der Waals surface area contributed by atoms with Crippen molar-refractivity contribution in [3.63, 3.8) is 0 Å². The summed E-state index contributed by atoms with van der Waals surface area (Å²) in [7, 11) is 5.23. The van der Waals surface area contributed by atoms with Crippen molar-refractivity contribution in [1.82, 2.24) is 19.7 Å². The Morgan fingerprint density at radius 3 is 2.49 bits per heavy atom. The number of primary amides is 1. The molecule has 2 aromatic heterocycles. The Kier molecular flexibility index (Phi) is 14.9. The van der Waals surface area contributed by atoms with Crippen molar-refractivity contribution in [3.05, 3.63) is 71.7 Å². The van der Waals surface area contributed by atoms with E-state index in [1.807, 2.05) is 27.1 Å². The molecule has 5 N–H and O–H groups in total. The van der Waals surface area contributed by atoms with Crippen LogP contribution in [0.15, 0.2) is 48.9 Å². The zero-order valence-electron chi connectivity index (χ0n) is 26.7. The summed E-state index contributed by atoms with van der Waals surface area (Å²) in [6.45, 7) is 3.42. The number of amides is 2. The number of nitrogens with two attached hydrogens (primary N) is 1. The number of hydrogen-bond donors (Lipinski definition) is 4. The van der Waals surface area contributed by atoms with Crippen LogP contribution in [-0.2, 0) is 16.0 Å². The number of aryl methyl sites for hydroxylation is 1. The lowest BCUT2D eigenvalue weighted by Crippen LogP contribution is -3.00. The van der Waals surface area contributed by atoms with Crippen LogP contribution >= 0.6 is 0 Å². The monoisotopic (exact) mass is 767 g/mol. The molecule has 0 saturated heterocycles. The van der Waals surface area contributed by atoms with Gasteiger partial charge in [-0.15, -0.1) is 0 Å². The van der Waals surface area contributed by atoms with E-state index in [-0.39, 0.29) is 53.6 Å². The minimum Gasteiger partial charge on any atom is -1.00 e. The summed E-state index contributed by atoms with van der Waals surface area (Å²) in [6.07, 6.45) is 7.95. The van der Waals surface area contributed by atoms with E-state index in [0.29, 0.717) is 52.4 Å². The number of unbranched alkanes of at least 4 members (excludes halogenated alkanes) is 2. The van der Waals surface area contributed by atoms with Crippen molar-refractivity contribution in [2.24, 2.45) is 5.73 Å². The van der Waals surface area contributed by atoms with Crippen molar-refractivity contribution in [2.75, 3.05) is 46.2 Å². The van der Waals surface area contributed by atoms with Crippen LogP contribution in [0.5, 0.6) is 5.75 Å². The van der Waals surface area contributed by atoms with Gasteiger partial charge in [0.15, 0.2) is 29.6 Å². The number of nitrogens with zero attached hydrogens (tertiary/aromatic N) is 4. The molecule has 47 heavy (non-hydrogen) atoms. The highest BCUT2D eigenvalue weighted by Crippen LogP contribution is 2.31. The summed E-state index contributed by atoms with van der Waals surface area (Å²) in [5.74, 6) is -2.31. The minimum atomic E-state index is -1.07. The highest BCUT2D eigenvalue weighted by Gasteiger charge is 2.20. The maximum absolute atomic E-state index is 14.8. The Balaban J connectivity index is 0.00000185. The van der Waals surface area contributed by atoms with Crippen molar-refractivity contribution >= 4 is 35.4 Å². The van der Waals surface area contributed by atoms with E-state index in [2.05, 4.69) is 20.6 Å². The van der Waals surface area contributed by atoms with Crippen molar-refractivity contribution in [3.8, 4) is 17.0 Å². The molecule has 254 valence electrons. The van der Waals surface area contributed by atoms with Gasteiger partial charge in [0, 0.05) is 35.8 Å². The van der Waals surface area contributed by atoms with Gasteiger partial charge in [0.05, 0.1) is 39.6 Å². The second-order valence-corrected chi connectivity index (χ2v) is 11.1. The van der Waals surface area contributed by atoms with Crippen molar-refractivity contribution < 1.29 is 61.5 Å². The third-order valence-electron chi connectivity index (χ3n) is 7.27. The van der Waals surface area contributed by atoms with Crippen LogP contribution in [0.2, 0.25) is 0 Å². The largest absolute Gasteiger partial charge is 1.00 e. The predicted octanol–water partition coefficient (Wildman–Crippen LogP) is 1.16. The quantitative estimate of drug-likeness (QED) is 0.0644. The number of aromatic nitrogens is 3. The summed E-state index contributed by atoms with van der Waals surface area (Å²) >= 11 is 0. The molecule has 4 aromatic rings. The second kappa shape index (κ2) is 18.1. The fourth-order valence-corrected chi connectivity index (χ4v) is 5.06. The molecular formula is C32H40F2IN7O5. The minimum absolute atomic E-state index is 0. The molecule has 0 unspecified atom stereocenters. The number of imidazole rings is 1. The highest BCUT2D eigenvalue weighted by atomic mass is 127. The van der Waals surface area contributed by atoms with Gasteiger partial charge in [0.2, 0.25) is 5.82 Å². The van der Waals surface area contributed by atoms with E-state index < -0.39 is 11.6 Å². The molecule has 0 fully saturated rings. The number of benzene rings is 2. The molecule has 4 rings (SSSR count). The Labute approximate surface area is 288 Å². The van der Waals surface area contributed by atoms with Gasteiger partial charge in [-0.1, -0.05) is 6.92 Å². The number of quaternary nitrogens is 1. The van der Waals surface area contributed by atoms with Crippen LogP contribution in [-0.4, -0.2) is 83.1 Å². The van der Waals surface area contributed by atoms with Crippen molar-refractivity contribution in [1.29, 1.82) is 0 Å². The van der Waals surface area contributed by atoms with E-state index in [0.717, 1.165) is 31.4 Å². The van der Waals surface area contributed by atoms with Gasteiger partial charge < -0.3 is 54.7 Å². The van der Waals surface area contributed by atoms with Crippen LogP contribution in [0.1, 0.15) is 42.1 Å². The first-order valence-corrected chi connectivity index (χ1v) is 14.7. The number of hydrogen-bond acceptors (Lipinski definition) is 7. The zero-order chi connectivity index (χ0) is 33.9. The number of likely N-dealkylation sites (N-methyl/N-ethyl adjacent to an activating group) is 1. The summed E-state index contributed by atoms with van der Waals surface area (Å²) in [6, 6.07) is 8.26. The number of ether oxygens (including phenoxy) is 1. The van der Waals surface area contributed by atoms with Crippen LogP contribution in [0.4, 0.5) is 20.3 Å². The predicted molar refractivity (Wildman–Crippen MR) is 170 cm³/mol. The maximum atomic E-state index is 14.8. The number of rotatable bonds is 14. The van der Waals surface area contributed by atoms with E-state index in [1.165, 1.54) is 25.4 Å². The molecule has 12 nitrogen and oxygen atoms in total. The summed E-state index contributed by atoms with van der Waals surface area (Å²) < 4.78 is 36.2. The molecule has 2 aromatic carbocycles. The number of halogens is 3. The van der Waals surface area contributed by atoms with Crippen LogP contribution in [0.25, 0.3) is 16.9 Å². The van der Waals surface area contributed by atoms with Gasteiger partial charge in [0.1, 0.15) is 0 Å². The Morgan fingerprint density at radius 1 is 1.11 bits per heavy atom. The summed E-state index contributed by atoms with van der Waals surface area (Å²) in [5, 5.41) is 13.1. The fourth-order valence-electron chi connectivity index (χ4n) is 5.06. The average molecular weight is 768 g/mol. The molecule has 2 heterocycles. The highest BCUT2D eigenvalue weighted by molar-refractivity contribution is 5.96. The van der Waals surface area contributed by atoms with Gasteiger partial charge in [-0.2, -0.15) is 4.39 Å². The van der Waals surface area contributed by atoms with Crippen LogP contribution < -0.4 is 45.1 Å². The first-order chi connectivity index (χ1) is 22.0. The van der Waals surface area contributed by atoms with Gasteiger partial charge >= 0.3 is 0 Å². The fraction of sp³-hybridized carbons (Fsp3) is 0.344. The van der Waals surface area contributed by atoms with Crippen LogP contribution in [0.3, 0.4) is 0 Å². The number of carbonyl (C=O) groups is 3. The molecule has 2 amide bonds. The molecule has 0 spiro atoms.